The molecule has 0 saturated carbocycles. The van der Waals surface area contributed by atoms with Crippen LogP contribution in [0.1, 0.15) is 29.6 Å². The van der Waals surface area contributed by atoms with E-state index in [2.05, 4.69) is 45.5 Å². The second-order valence-corrected chi connectivity index (χ2v) is 7.13. The first-order chi connectivity index (χ1) is 12.2. The van der Waals surface area contributed by atoms with Gasteiger partial charge in [0.1, 0.15) is 5.82 Å². The molecule has 0 radical (unpaired) electrons. The van der Waals surface area contributed by atoms with Crippen molar-refractivity contribution < 1.29 is 21.5 Å². The summed E-state index contributed by atoms with van der Waals surface area (Å²) in [6.07, 6.45) is 0.901. The minimum atomic E-state index is -4.16. The molecule has 1 aliphatic heterocycles. The smallest absolute Gasteiger partial charge is 0.264 e. The van der Waals surface area contributed by atoms with E-state index in [-0.39, 0.29) is 11.9 Å². The van der Waals surface area contributed by atoms with Crippen molar-refractivity contribution >= 4 is 10.4 Å². The van der Waals surface area contributed by atoms with E-state index in [0.717, 1.165) is 19.1 Å². The normalized spacial score (nSPS) is 21.3. The molecule has 2 unspecified atom stereocenters. The second-order valence-electron chi connectivity index (χ2n) is 5.94. The molecule has 26 heavy (non-hydrogen) atoms. The first-order valence-corrected chi connectivity index (χ1v) is 9.39. The molecule has 6 nitrogen and oxygen atoms in total. The van der Waals surface area contributed by atoms with Crippen LogP contribution in [-0.4, -0.2) is 44.2 Å². The summed E-state index contributed by atoms with van der Waals surface area (Å²) >= 11 is 0. The Labute approximate surface area is 153 Å². The maximum absolute atomic E-state index is 14.0. The molecule has 1 fully saturated rings. The highest BCUT2D eigenvalue weighted by Crippen LogP contribution is 2.42. The molecule has 2 aromatic rings. The lowest BCUT2D eigenvalue weighted by atomic mass is 9.97. The summed E-state index contributed by atoms with van der Waals surface area (Å²) in [6, 6.07) is 17.9. The van der Waals surface area contributed by atoms with Crippen molar-refractivity contribution in [1.82, 2.24) is 10.0 Å². The van der Waals surface area contributed by atoms with Crippen molar-refractivity contribution in [3.05, 3.63) is 71.5 Å². The maximum atomic E-state index is 14.0. The van der Waals surface area contributed by atoms with Crippen LogP contribution in [0, 0.1) is 5.82 Å². The van der Waals surface area contributed by atoms with E-state index < -0.39 is 10.4 Å². The standard InChI is InChI=1S/C17H19FN2.CH4O4S/c1-19-16(13-8-4-3-5-9-13)12-17(20(19)2)14-10-6-7-11-15(14)18;1-5-6(2,3)4/h3-11,16-17H,12H2,1-2H3;1H3,(H,2,3,4). The molecule has 0 aliphatic carbocycles. The fourth-order valence-corrected chi connectivity index (χ4v) is 3.06. The van der Waals surface area contributed by atoms with Gasteiger partial charge in [0, 0.05) is 19.7 Å². The summed E-state index contributed by atoms with van der Waals surface area (Å²) in [7, 11) is 0.804. The molecule has 0 amide bonds. The third kappa shape index (κ3) is 5.09. The number of hydrogen-bond acceptors (Lipinski definition) is 5. The molecule has 2 aromatic carbocycles. The molecule has 3 rings (SSSR count). The summed E-state index contributed by atoms with van der Waals surface area (Å²) in [5, 5.41) is 4.34. The van der Waals surface area contributed by atoms with Crippen LogP contribution >= 0.6 is 0 Å². The molecule has 0 aromatic heterocycles. The fraction of sp³-hybridized carbons (Fsp3) is 0.333. The molecule has 1 N–H and O–H groups in total. The van der Waals surface area contributed by atoms with Gasteiger partial charge in [0.05, 0.1) is 19.2 Å². The zero-order valence-electron chi connectivity index (χ0n) is 14.9. The lowest BCUT2D eigenvalue weighted by Crippen LogP contribution is -2.32. The van der Waals surface area contributed by atoms with Gasteiger partial charge in [-0.15, -0.1) is 0 Å². The van der Waals surface area contributed by atoms with Crippen LogP contribution in [0.3, 0.4) is 0 Å². The van der Waals surface area contributed by atoms with E-state index in [1.807, 2.05) is 25.2 Å². The van der Waals surface area contributed by atoms with E-state index in [1.54, 1.807) is 12.1 Å². The number of nitrogens with zero attached hydrogens (tertiary/aromatic N) is 2. The van der Waals surface area contributed by atoms with Crippen LogP contribution < -0.4 is 0 Å². The Kier molecular flexibility index (Phi) is 6.85. The molecule has 2 atom stereocenters. The van der Waals surface area contributed by atoms with Crippen LogP contribution in [0.4, 0.5) is 4.39 Å². The van der Waals surface area contributed by atoms with Gasteiger partial charge in [0.25, 0.3) is 0 Å². The minimum absolute atomic E-state index is 0.0893. The highest BCUT2D eigenvalue weighted by atomic mass is 32.3. The first kappa shape index (κ1) is 20.5. The Hall–Kier alpha value is -1.84. The number of halogens is 1. The maximum Gasteiger partial charge on any atom is 0.397 e. The van der Waals surface area contributed by atoms with Crippen LogP contribution in [-0.2, 0) is 14.6 Å². The van der Waals surface area contributed by atoms with Gasteiger partial charge in [0.15, 0.2) is 0 Å². The predicted molar refractivity (Wildman–Crippen MR) is 97.0 cm³/mol. The van der Waals surface area contributed by atoms with E-state index in [0.29, 0.717) is 6.04 Å². The number of benzene rings is 2. The lowest BCUT2D eigenvalue weighted by molar-refractivity contribution is 0.0244. The summed E-state index contributed by atoms with van der Waals surface area (Å²) in [4.78, 5) is 0. The highest BCUT2D eigenvalue weighted by Gasteiger charge is 2.37. The molecule has 0 spiro atoms. The van der Waals surface area contributed by atoms with Crippen LogP contribution in [0.15, 0.2) is 54.6 Å². The molecule has 0 bridgehead atoms. The van der Waals surface area contributed by atoms with Gasteiger partial charge in [-0.05, 0) is 18.1 Å². The summed E-state index contributed by atoms with van der Waals surface area (Å²) in [5.74, 6) is -0.119. The summed E-state index contributed by atoms with van der Waals surface area (Å²) in [5.41, 5.74) is 2.06. The quantitative estimate of drug-likeness (QED) is 0.822. The third-order valence-electron chi connectivity index (χ3n) is 4.51. The van der Waals surface area contributed by atoms with E-state index in [1.165, 1.54) is 5.56 Å². The van der Waals surface area contributed by atoms with Crippen molar-refractivity contribution in [1.29, 1.82) is 0 Å². The number of hydrogen-bond donors (Lipinski definition) is 1. The summed E-state index contributed by atoms with van der Waals surface area (Å²) < 4.78 is 43.7. The Morgan fingerprint density at radius 2 is 1.50 bits per heavy atom. The van der Waals surface area contributed by atoms with E-state index in [4.69, 9.17) is 4.55 Å². The zero-order valence-corrected chi connectivity index (χ0v) is 15.7. The molecule has 142 valence electrons. The Morgan fingerprint density at radius 1 is 1.00 bits per heavy atom. The Bertz CT molecular complexity index is 817. The molecule has 8 heteroatoms. The third-order valence-corrected chi connectivity index (χ3v) is 4.93. The highest BCUT2D eigenvalue weighted by molar-refractivity contribution is 7.80. The van der Waals surface area contributed by atoms with E-state index in [9.17, 15) is 12.8 Å². The van der Waals surface area contributed by atoms with Crippen molar-refractivity contribution in [3.8, 4) is 0 Å². The monoisotopic (exact) mass is 382 g/mol. The Balaban J connectivity index is 0.000000352. The second kappa shape index (κ2) is 8.70. The van der Waals surface area contributed by atoms with Gasteiger partial charge in [-0.3, -0.25) is 8.74 Å². The fourth-order valence-electron chi connectivity index (χ4n) is 3.06. The van der Waals surface area contributed by atoms with Gasteiger partial charge in [-0.1, -0.05) is 48.5 Å². The topological polar surface area (TPSA) is 70.1 Å². The Morgan fingerprint density at radius 3 is 2.04 bits per heavy atom. The average molecular weight is 382 g/mol. The van der Waals surface area contributed by atoms with E-state index >= 15 is 0 Å². The predicted octanol–water partition coefficient (Wildman–Crippen LogP) is 3.23. The average Bonchev–Trinajstić information content (AvgIpc) is 2.92. The van der Waals surface area contributed by atoms with Crippen molar-refractivity contribution in [3.63, 3.8) is 0 Å². The zero-order chi connectivity index (χ0) is 19.3. The molecule has 1 saturated heterocycles. The van der Waals surface area contributed by atoms with Gasteiger partial charge < -0.3 is 0 Å². The molecular weight excluding hydrogens is 359 g/mol. The van der Waals surface area contributed by atoms with Crippen molar-refractivity contribution in [2.45, 2.75) is 18.5 Å². The lowest BCUT2D eigenvalue weighted by Gasteiger charge is -2.28. The molecule has 1 aliphatic rings. The minimum Gasteiger partial charge on any atom is -0.264 e. The van der Waals surface area contributed by atoms with Gasteiger partial charge in [0.2, 0.25) is 0 Å². The number of rotatable bonds is 3. The van der Waals surface area contributed by atoms with Crippen molar-refractivity contribution in [2.24, 2.45) is 0 Å². The molecular formula is C18H23FN2O4S. The van der Waals surface area contributed by atoms with Gasteiger partial charge >= 0.3 is 10.4 Å². The summed E-state index contributed by atoms with van der Waals surface area (Å²) in [6.45, 7) is 0. The van der Waals surface area contributed by atoms with Crippen LogP contribution in [0.2, 0.25) is 0 Å². The first-order valence-electron chi connectivity index (χ1n) is 8.02. The number of hydrazine groups is 1. The van der Waals surface area contributed by atoms with Crippen LogP contribution in [0.25, 0.3) is 0 Å². The van der Waals surface area contributed by atoms with Gasteiger partial charge in [-0.2, -0.15) is 8.42 Å². The SMILES string of the molecule is CN1C(c2ccccc2)CC(c2ccccc2F)N1C.COS(=O)(=O)O. The van der Waals surface area contributed by atoms with Crippen molar-refractivity contribution in [2.75, 3.05) is 21.2 Å². The van der Waals surface area contributed by atoms with Crippen LogP contribution in [0.5, 0.6) is 0 Å². The largest absolute Gasteiger partial charge is 0.397 e. The van der Waals surface area contributed by atoms with Gasteiger partial charge in [-0.25, -0.2) is 14.4 Å². The molecule has 1 heterocycles.